The molecule has 0 aliphatic carbocycles. The van der Waals surface area contributed by atoms with Gasteiger partial charge in [0.15, 0.2) is 0 Å². The zero-order valence-corrected chi connectivity index (χ0v) is 33.4. The first-order valence-electron chi connectivity index (χ1n) is 17.3. The predicted molar refractivity (Wildman–Crippen MR) is 213 cm³/mol. The molecule has 51 heavy (non-hydrogen) atoms. The van der Waals surface area contributed by atoms with Gasteiger partial charge in [0.25, 0.3) is 0 Å². The average molecular weight is 859 g/mol. The number of pyridine rings is 2. The largest absolute Gasteiger partial charge is 0.501 e. The van der Waals surface area contributed by atoms with Gasteiger partial charge in [-0.15, -0.1) is 48.0 Å². The van der Waals surface area contributed by atoms with Crippen molar-refractivity contribution in [3.05, 3.63) is 151 Å². The fraction of sp³-hybridized carbons (Fsp3) is 0.174. The predicted octanol–water partition coefficient (Wildman–Crippen LogP) is 11.9. The Bertz CT molecular complexity index is 2420. The van der Waals surface area contributed by atoms with Crippen LogP contribution in [-0.2, 0) is 26.5 Å². The maximum absolute atomic E-state index is 6.34. The molecule has 0 N–H and O–H groups in total. The maximum atomic E-state index is 6.34. The summed E-state index contributed by atoms with van der Waals surface area (Å²) in [5.41, 5.74) is 9.60. The number of hydrogen-bond acceptors (Lipinski definition) is 3. The van der Waals surface area contributed by atoms with Crippen LogP contribution in [0.4, 0.5) is 0 Å². The van der Waals surface area contributed by atoms with E-state index in [9.17, 15) is 0 Å². The summed E-state index contributed by atoms with van der Waals surface area (Å²) in [5, 5.41) is 5.98. The minimum absolute atomic E-state index is 0. The fourth-order valence-electron chi connectivity index (χ4n) is 6.62. The standard InChI is InChI=1S/C27H16NO.C19H26NSi.Ir/c1-2-8-18(9-3-1)21-14-15-22(24-16-19-10-4-5-11-20(19)17-28-24)27-26(21)23-12-6-7-13-25(23)29-27;1-19(2,3)13-16-12-17(15-10-8-7-9-11-15)20-14-18(16)21(4,5)6;/h1-14,16-17H;7-10,12,14H,13H2,1-6H3;/q2*-1;. The van der Waals surface area contributed by atoms with Crippen LogP contribution in [0.2, 0.25) is 19.6 Å². The van der Waals surface area contributed by atoms with Crippen LogP contribution in [0.25, 0.3) is 66.4 Å². The average Bonchev–Trinajstić information content (AvgIpc) is 3.51. The van der Waals surface area contributed by atoms with E-state index >= 15 is 0 Å². The van der Waals surface area contributed by atoms with E-state index in [1.807, 2.05) is 54.7 Å². The second-order valence-corrected chi connectivity index (χ2v) is 20.2. The molecule has 0 amide bonds. The van der Waals surface area contributed by atoms with Crippen LogP contribution < -0.4 is 5.19 Å². The summed E-state index contributed by atoms with van der Waals surface area (Å²) in [4.78, 5) is 9.42. The Hall–Kier alpha value is -4.67. The van der Waals surface area contributed by atoms with Gasteiger partial charge in [-0.2, -0.15) is 0 Å². The summed E-state index contributed by atoms with van der Waals surface area (Å²) in [6, 6.07) is 48.1. The molecule has 5 heteroatoms. The van der Waals surface area contributed by atoms with Gasteiger partial charge in [-0.3, -0.25) is 0 Å². The molecule has 0 unspecified atom stereocenters. The van der Waals surface area contributed by atoms with Gasteiger partial charge in [-0.25, -0.2) is 0 Å². The summed E-state index contributed by atoms with van der Waals surface area (Å²) < 4.78 is 6.34. The summed E-state index contributed by atoms with van der Waals surface area (Å²) in [5.74, 6) is 0. The normalized spacial score (nSPS) is 11.6. The molecule has 0 spiro atoms. The van der Waals surface area contributed by atoms with Crippen molar-refractivity contribution in [2.24, 2.45) is 5.41 Å². The van der Waals surface area contributed by atoms with Gasteiger partial charge in [-0.1, -0.05) is 148 Å². The van der Waals surface area contributed by atoms with Crippen molar-refractivity contribution < 1.29 is 24.5 Å². The van der Waals surface area contributed by atoms with Gasteiger partial charge in [0.2, 0.25) is 0 Å². The van der Waals surface area contributed by atoms with Crippen molar-refractivity contribution in [1.82, 2.24) is 9.97 Å². The number of furan rings is 1. The molecule has 0 fully saturated rings. The van der Waals surface area contributed by atoms with Crippen LogP contribution in [0.5, 0.6) is 0 Å². The summed E-state index contributed by atoms with van der Waals surface area (Å²) in [7, 11) is -1.37. The SMILES string of the molecule is CC(C)(C)Cc1cc(-c2[c-]cccc2)ncc1[Si](C)(C)C.[Ir].[c-]1cc(-c2ccccc2)c2c(oc3ccccc32)c1-c1cc2ccccc2cn1. The van der Waals surface area contributed by atoms with Crippen LogP contribution in [-0.4, -0.2) is 18.0 Å². The molecule has 8 aromatic rings. The van der Waals surface area contributed by atoms with Crippen molar-refractivity contribution in [1.29, 1.82) is 0 Å². The van der Waals surface area contributed by atoms with E-state index in [2.05, 4.69) is 132 Å². The number of benzene rings is 5. The fourth-order valence-corrected chi connectivity index (χ4v) is 8.19. The van der Waals surface area contributed by atoms with Crippen LogP contribution in [0.1, 0.15) is 26.3 Å². The third-order valence-electron chi connectivity index (χ3n) is 8.93. The number of fused-ring (bicyclic) bond motifs is 4. The first-order valence-corrected chi connectivity index (χ1v) is 20.8. The molecule has 0 atom stereocenters. The minimum atomic E-state index is -1.37. The van der Waals surface area contributed by atoms with Crippen LogP contribution >= 0.6 is 0 Å². The second-order valence-electron chi connectivity index (χ2n) is 15.2. The topological polar surface area (TPSA) is 38.9 Å². The van der Waals surface area contributed by atoms with E-state index in [4.69, 9.17) is 14.4 Å². The Kier molecular flexibility index (Phi) is 10.6. The molecule has 0 aliphatic rings. The van der Waals surface area contributed by atoms with Crippen molar-refractivity contribution in [2.75, 3.05) is 0 Å². The number of aromatic nitrogens is 2. The molecule has 0 bridgehead atoms. The smallest absolute Gasteiger partial charge is 0.120 e. The van der Waals surface area contributed by atoms with Gasteiger partial charge >= 0.3 is 0 Å². The molecule has 1 radical (unpaired) electrons. The molecule has 3 nitrogen and oxygen atoms in total. The van der Waals surface area contributed by atoms with Crippen molar-refractivity contribution in [2.45, 2.75) is 46.8 Å². The van der Waals surface area contributed by atoms with E-state index in [0.29, 0.717) is 0 Å². The summed E-state index contributed by atoms with van der Waals surface area (Å²) in [6.07, 6.45) is 5.12. The molecule has 0 aliphatic heterocycles. The molecule has 3 heterocycles. The first kappa shape index (κ1) is 36.1. The van der Waals surface area contributed by atoms with Gasteiger partial charge in [0.1, 0.15) is 5.58 Å². The van der Waals surface area contributed by atoms with E-state index in [1.165, 1.54) is 10.8 Å². The van der Waals surface area contributed by atoms with Gasteiger partial charge in [0.05, 0.1) is 13.7 Å². The Morgan fingerprint density at radius 2 is 1.39 bits per heavy atom. The van der Waals surface area contributed by atoms with Crippen LogP contribution in [0.3, 0.4) is 0 Å². The third-order valence-corrected chi connectivity index (χ3v) is 11.0. The molecule has 8 rings (SSSR count). The third kappa shape index (κ3) is 7.97. The maximum Gasteiger partial charge on any atom is 0.120 e. The molecule has 5 aromatic carbocycles. The van der Waals surface area contributed by atoms with Crippen molar-refractivity contribution in [3.63, 3.8) is 0 Å². The minimum Gasteiger partial charge on any atom is -0.501 e. The van der Waals surface area contributed by atoms with Gasteiger partial charge < -0.3 is 14.4 Å². The number of para-hydroxylation sites is 1. The van der Waals surface area contributed by atoms with E-state index in [1.54, 1.807) is 0 Å². The van der Waals surface area contributed by atoms with Crippen LogP contribution in [0.15, 0.2) is 138 Å². The van der Waals surface area contributed by atoms with Gasteiger partial charge in [0, 0.05) is 37.9 Å². The number of nitrogens with zero attached hydrogens (tertiary/aromatic N) is 2. The Morgan fingerprint density at radius 1 is 0.706 bits per heavy atom. The molecular formula is C46H42IrN2OSi-2. The zero-order valence-electron chi connectivity index (χ0n) is 30.0. The van der Waals surface area contributed by atoms with Crippen LogP contribution in [0, 0.1) is 17.5 Å². The molecule has 3 aromatic heterocycles. The second kappa shape index (κ2) is 14.9. The Balaban J connectivity index is 0.000000182. The Labute approximate surface area is 316 Å². The molecule has 0 saturated heterocycles. The Morgan fingerprint density at radius 3 is 2.12 bits per heavy atom. The van der Waals surface area contributed by atoms with E-state index < -0.39 is 8.07 Å². The van der Waals surface area contributed by atoms with Crippen molar-refractivity contribution >= 4 is 46.0 Å². The van der Waals surface area contributed by atoms with E-state index in [0.717, 1.165) is 72.8 Å². The number of rotatable bonds is 5. The molecule has 0 saturated carbocycles. The summed E-state index contributed by atoms with van der Waals surface area (Å²) >= 11 is 0. The molecular weight excluding hydrogens is 817 g/mol. The zero-order chi connectivity index (χ0) is 34.9. The number of hydrogen-bond donors (Lipinski definition) is 0. The monoisotopic (exact) mass is 859 g/mol. The first-order chi connectivity index (χ1) is 24.0. The quantitative estimate of drug-likeness (QED) is 0.128. The van der Waals surface area contributed by atoms with Gasteiger partial charge in [-0.05, 0) is 50.6 Å². The summed E-state index contributed by atoms with van der Waals surface area (Å²) in [6.45, 7) is 14.1. The molecule has 257 valence electrons. The van der Waals surface area contributed by atoms with E-state index in [-0.39, 0.29) is 25.5 Å². The van der Waals surface area contributed by atoms with Crippen molar-refractivity contribution in [3.8, 4) is 33.6 Å².